The number of hydrogen-bond acceptors (Lipinski definition) is 2. The van der Waals surface area contributed by atoms with Gasteiger partial charge in [0.2, 0.25) is 0 Å². The Kier molecular flexibility index (Phi) is 24.7. The van der Waals surface area contributed by atoms with Crippen LogP contribution in [-0.4, -0.2) is 18.3 Å². The van der Waals surface area contributed by atoms with Crippen molar-refractivity contribution in [2.45, 2.75) is 149 Å². The van der Waals surface area contributed by atoms with E-state index in [0.29, 0.717) is 11.1 Å². The quantitative estimate of drug-likeness (QED) is 0.126. The van der Waals surface area contributed by atoms with E-state index in [2.05, 4.69) is 26.1 Å². The zero-order chi connectivity index (χ0) is 22.1. The van der Waals surface area contributed by atoms with Crippen LogP contribution in [0.3, 0.4) is 0 Å². The third-order valence-corrected chi connectivity index (χ3v) is 6.56. The lowest BCUT2D eigenvalue weighted by Crippen LogP contribution is -2.27. The van der Waals surface area contributed by atoms with Gasteiger partial charge in [0.25, 0.3) is 5.17 Å². The van der Waals surface area contributed by atoms with Crippen molar-refractivity contribution in [3.05, 3.63) is 0 Å². The minimum Gasteiger partial charge on any atom is -0.471 e. The number of thiocarbonyl (C=S) groups is 1. The van der Waals surface area contributed by atoms with E-state index in [1.165, 1.54) is 128 Å². The first-order chi connectivity index (χ1) is 14.7. The summed E-state index contributed by atoms with van der Waals surface area (Å²) in [4.78, 5) is 0. The zero-order valence-corrected chi connectivity index (χ0v) is 21.8. The monoisotopic (exact) mass is 441 g/mol. The lowest BCUT2D eigenvalue weighted by molar-refractivity contribution is 0.219. The Bertz CT molecular complexity index is 348. The molecule has 1 unspecified atom stereocenters. The van der Waals surface area contributed by atoms with Crippen LogP contribution >= 0.6 is 12.2 Å². The van der Waals surface area contributed by atoms with Crippen molar-refractivity contribution < 1.29 is 4.74 Å². The number of hydrogen-bond donors (Lipinski definition) is 1. The molecule has 3 heteroatoms. The van der Waals surface area contributed by atoms with Crippen molar-refractivity contribution in [1.29, 1.82) is 0 Å². The molecule has 0 spiro atoms. The van der Waals surface area contributed by atoms with Gasteiger partial charge in [0.15, 0.2) is 0 Å². The average molecular weight is 442 g/mol. The molecule has 0 rings (SSSR count). The number of rotatable bonds is 23. The van der Waals surface area contributed by atoms with Crippen molar-refractivity contribution in [1.82, 2.24) is 5.32 Å². The molecule has 0 aliphatic carbocycles. The molecule has 0 aliphatic heterocycles. The standard InChI is InChI=1S/C27H55NOS/c1-4-7-9-10-11-12-13-14-15-16-17-18-19-20-21-22-24-28-27(30)29-25-26(6-3)23-8-5-2/h26H,4-25H2,1-3H3,(H,28,30). The molecule has 0 bridgehead atoms. The maximum Gasteiger partial charge on any atom is 0.256 e. The van der Waals surface area contributed by atoms with Crippen LogP contribution in [0.1, 0.15) is 149 Å². The fraction of sp³-hybridized carbons (Fsp3) is 0.963. The molecule has 0 saturated carbocycles. The van der Waals surface area contributed by atoms with E-state index < -0.39 is 0 Å². The van der Waals surface area contributed by atoms with E-state index in [4.69, 9.17) is 17.0 Å². The van der Waals surface area contributed by atoms with Crippen LogP contribution in [-0.2, 0) is 4.74 Å². The second-order valence-corrected chi connectivity index (χ2v) is 9.62. The molecule has 1 N–H and O–H groups in total. The Morgan fingerprint density at radius 2 is 1.07 bits per heavy atom. The Morgan fingerprint density at radius 1 is 0.633 bits per heavy atom. The molecule has 2 nitrogen and oxygen atoms in total. The Balaban J connectivity index is 3.24. The smallest absolute Gasteiger partial charge is 0.256 e. The molecule has 0 aliphatic rings. The van der Waals surface area contributed by atoms with Gasteiger partial charge in [-0.05, 0) is 31.0 Å². The highest BCUT2D eigenvalue weighted by Gasteiger charge is 2.07. The van der Waals surface area contributed by atoms with Crippen LogP contribution in [0.4, 0.5) is 0 Å². The van der Waals surface area contributed by atoms with E-state index in [1.807, 2.05) is 0 Å². The minimum atomic E-state index is 0.603. The molecule has 0 radical (unpaired) electrons. The highest BCUT2D eigenvalue weighted by Crippen LogP contribution is 2.14. The van der Waals surface area contributed by atoms with Gasteiger partial charge in [-0.1, -0.05) is 136 Å². The van der Waals surface area contributed by atoms with Crippen LogP contribution in [0.2, 0.25) is 0 Å². The molecule has 0 aromatic carbocycles. The van der Waals surface area contributed by atoms with Crippen molar-refractivity contribution >= 4 is 17.4 Å². The predicted molar refractivity (Wildman–Crippen MR) is 139 cm³/mol. The third kappa shape index (κ3) is 22.4. The van der Waals surface area contributed by atoms with Crippen molar-refractivity contribution in [2.75, 3.05) is 13.2 Å². The molecule has 0 aromatic heterocycles. The summed E-state index contributed by atoms with van der Waals surface area (Å²) in [5.41, 5.74) is 0. The highest BCUT2D eigenvalue weighted by molar-refractivity contribution is 7.80. The normalized spacial score (nSPS) is 12.1. The van der Waals surface area contributed by atoms with E-state index >= 15 is 0 Å². The summed E-state index contributed by atoms with van der Waals surface area (Å²) in [7, 11) is 0. The lowest BCUT2D eigenvalue weighted by atomic mass is 10.0. The van der Waals surface area contributed by atoms with Gasteiger partial charge in [0, 0.05) is 6.54 Å². The number of unbranched alkanes of at least 4 members (excludes halogenated alkanes) is 16. The van der Waals surface area contributed by atoms with Crippen molar-refractivity contribution in [2.24, 2.45) is 5.92 Å². The molecule has 0 aromatic rings. The summed E-state index contributed by atoms with van der Waals surface area (Å²) in [5, 5.41) is 3.88. The first-order valence-corrected chi connectivity index (χ1v) is 14.1. The second-order valence-electron chi connectivity index (χ2n) is 9.25. The van der Waals surface area contributed by atoms with E-state index in [0.717, 1.165) is 13.2 Å². The van der Waals surface area contributed by atoms with Gasteiger partial charge in [-0.2, -0.15) is 0 Å². The van der Waals surface area contributed by atoms with Gasteiger partial charge in [-0.15, -0.1) is 0 Å². The highest BCUT2D eigenvalue weighted by atomic mass is 32.1. The van der Waals surface area contributed by atoms with Crippen LogP contribution in [0, 0.1) is 5.92 Å². The predicted octanol–water partition coefficient (Wildman–Crippen LogP) is 9.36. The Morgan fingerprint density at radius 3 is 1.50 bits per heavy atom. The summed E-state index contributed by atoms with van der Waals surface area (Å²) < 4.78 is 5.74. The fourth-order valence-corrected chi connectivity index (χ4v) is 4.18. The van der Waals surface area contributed by atoms with Gasteiger partial charge in [-0.25, -0.2) is 0 Å². The summed E-state index contributed by atoms with van der Waals surface area (Å²) >= 11 is 5.31. The maximum absolute atomic E-state index is 5.74. The topological polar surface area (TPSA) is 21.3 Å². The fourth-order valence-electron chi connectivity index (χ4n) is 4.01. The molecular formula is C27H55NOS. The molecule has 1 atom stereocenters. The first-order valence-electron chi connectivity index (χ1n) is 13.6. The van der Waals surface area contributed by atoms with Gasteiger partial charge in [0.1, 0.15) is 0 Å². The van der Waals surface area contributed by atoms with Gasteiger partial charge in [0.05, 0.1) is 6.61 Å². The van der Waals surface area contributed by atoms with Crippen molar-refractivity contribution in [3.8, 4) is 0 Å². The molecule has 180 valence electrons. The Labute approximate surface area is 195 Å². The first kappa shape index (κ1) is 29.7. The third-order valence-electron chi connectivity index (χ3n) is 6.29. The van der Waals surface area contributed by atoms with Crippen LogP contribution < -0.4 is 5.32 Å². The molecule has 0 saturated heterocycles. The van der Waals surface area contributed by atoms with Gasteiger partial charge < -0.3 is 10.1 Å². The SMILES string of the molecule is CCCCCCCCCCCCCCCCCCNC(=S)OCC(CC)CCCC. The minimum absolute atomic E-state index is 0.603. The van der Waals surface area contributed by atoms with E-state index in [1.54, 1.807) is 0 Å². The van der Waals surface area contributed by atoms with Crippen LogP contribution in [0.5, 0.6) is 0 Å². The summed E-state index contributed by atoms with van der Waals surface area (Å²) in [6, 6.07) is 0. The van der Waals surface area contributed by atoms with Gasteiger partial charge >= 0.3 is 0 Å². The largest absolute Gasteiger partial charge is 0.471 e. The van der Waals surface area contributed by atoms with E-state index in [9.17, 15) is 0 Å². The lowest BCUT2D eigenvalue weighted by Gasteiger charge is -2.16. The number of ether oxygens (including phenoxy) is 1. The van der Waals surface area contributed by atoms with Gasteiger partial charge in [-0.3, -0.25) is 0 Å². The molecule has 0 amide bonds. The Hall–Kier alpha value is -0.310. The van der Waals surface area contributed by atoms with Crippen LogP contribution in [0.25, 0.3) is 0 Å². The summed E-state index contributed by atoms with van der Waals surface area (Å²) in [6.45, 7) is 8.53. The maximum atomic E-state index is 5.74. The second kappa shape index (κ2) is 25.0. The summed E-state index contributed by atoms with van der Waals surface area (Å²) in [6.07, 6.45) is 27.6. The molecular weight excluding hydrogens is 386 g/mol. The number of nitrogens with one attached hydrogen (secondary N) is 1. The zero-order valence-electron chi connectivity index (χ0n) is 21.0. The molecule has 30 heavy (non-hydrogen) atoms. The summed E-state index contributed by atoms with van der Waals surface area (Å²) in [5.74, 6) is 0.653. The molecule has 0 fully saturated rings. The van der Waals surface area contributed by atoms with E-state index in [-0.39, 0.29) is 0 Å². The van der Waals surface area contributed by atoms with Crippen LogP contribution in [0.15, 0.2) is 0 Å². The van der Waals surface area contributed by atoms with Crippen molar-refractivity contribution in [3.63, 3.8) is 0 Å². The average Bonchev–Trinajstić information content (AvgIpc) is 2.76. The molecule has 0 heterocycles.